The van der Waals surface area contributed by atoms with Gasteiger partial charge in [0, 0.05) is 18.0 Å². The lowest BCUT2D eigenvalue weighted by molar-refractivity contribution is 0.156. The Balaban J connectivity index is 2.08. The van der Waals surface area contributed by atoms with E-state index in [4.69, 9.17) is 0 Å². The summed E-state index contributed by atoms with van der Waals surface area (Å²) in [6.07, 6.45) is 6.34. The fourth-order valence-corrected chi connectivity index (χ4v) is 3.07. The molecule has 110 valence electrons. The maximum Gasteiger partial charge on any atom is 0.491 e. The average Bonchev–Trinajstić information content (AvgIpc) is 2.47. The number of rotatable bonds is 5. The second kappa shape index (κ2) is 7.20. The molecular formula is C15H23BFNO2. The molecule has 20 heavy (non-hydrogen) atoms. The Morgan fingerprint density at radius 2 is 1.95 bits per heavy atom. The highest BCUT2D eigenvalue weighted by atomic mass is 19.1. The summed E-state index contributed by atoms with van der Waals surface area (Å²) in [4.78, 5) is 2.40. The molecule has 1 aliphatic rings. The molecule has 1 aliphatic carbocycles. The van der Waals surface area contributed by atoms with Gasteiger partial charge in [0.05, 0.1) is 0 Å². The highest BCUT2D eigenvalue weighted by Gasteiger charge is 2.21. The third kappa shape index (κ3) is 3.81. The molecule has 3 nitrogen and oxygen atoms in total. The van der Waals surface area contributed by atoms with Crippen molar-refractivity contribution < 1.29 is 14.4 Å². The lowest BCUT2D eigenvalue weighted by atomic mass is 9.79. The zero-order chi connectivity index (χ0) is 14.5. The first-order chi connectivity index (χ1) is 9.61. The fourth-order valence-electron chi connectivity index (χ4n) is 3.07. The molecule has 0 heterocycles. The van der Waals surface area contributed by atoms with Crippen molar-refractivity contribution >= 4 is 12.6 Å². The van der Waals surface area contributed by atoms with Crippen LogP contribution >= 0.6 is 0 Å². The van der Waals surface area contributed by atoms with Gasteiger partial charge >= 0.3 is 7.12 Å². The summed E-state index contributed by atoms with van der Waals surface area (Å²) >= 11 is 0. The average molecular weight is 279 g/mol. The van der Waals surface area contributed by atoms with E-state index in [9.17, 15) is 14.4 Å². The van der Waals surface area contributed by atoms with Gasteiger partial charge in [-0.3, -0.25) is 4.90 Å². The van der Waals surface area contributed by atoms with Crippen LogP contribution in [-0.2, 0) is 6.54 Å². The molecule has 0 bridgehead atoms. The Kier molecular flexibility index (Phi) is 5.58. The predicted octanol–water partition coefficient (Wildman–Crippen LogP) is 1.66. The van der Waals surface area contributed by atoms with E-state index >= 15 is 0 Å². The third-order valence-corrected chi connectivity index (χ3v) is 4.22. The minimum atomic E-state index is -1.75. The van der Waals surface area contributed by atoms with Crippen molar-refractivity contribution in [1.82, 2.24) is 4.90 Å². The van der Waals surface area contributed by atoms with E-state index in [1.807, 2.05) is 0 Å². The Labute approximate surface area is 120 Å². The quantitative estimate of drug-likeness (QED) is 0.806. The molecule has 1 fully saturated rings. The Morgan fingerprint density at radius 3 is 2.55 bits per heavy atom. The zero-order valence-electron chi connectivity index (χ0n) is 12.1. The molecule has 0 atom stereocenters. The Bertz CT molecular complexity index is 436. The van der Waals surface area contributed by atoms with Crippen molar-refractivity contribution in [2.45, 2.75) is 51.6 Å². The number of halogens is 1. The fraction of sp³-hybridized carbons (Fsp3) is 0.600. The SMILES string of the molecule is CCN(Cc1ccc(F)c(B(O)O)c1)C1CCCCC1. The van der Waals surface area contributed by atoms with E-state index in [0.29, 0.717) is 6.04 Å². The van der Waals surface area contributed by atoms with Gasteiger partial charge in [0.2, 0.25) is 0 Å². The molecule has 0 spiro atoms. The van der Waals surface area contributed by atoms with E-state index in [-0.39, 0.29) is 5.46 Å². The lowest BCUT2D eigenvalue weighted by Crippen LogP contribution is -2.37. The summed E-state index contributed by atoms with van der Waals surface area (Å²) in [5.41, 5.74) is 0.893. The molecule has 0 radical (unpaired) electrons. The normalized spacial score (nSPS) is 16.6. The van der Waals surface area contributed by atoms with Gasteiger partial charge in [0.15, 0.2) is 0 Å². The highest BCUT2D eigenvalue weighted by molar-refractivity contribution is 6.58. The van der Waals surface area contributed by atoms with Crippen LogP contribution in [0.4, 0.5) is 4.39 Å². The molecule has 0 unspecified atom stereocenters. The topological polar surface area (TPSA) is 43.7 Å². The molecular weight excluding hydrogens is 256 g/mol. The lowest BCUT2D eigenvalue weighted by Gasteiger charge is -2.33. The minimum Gasteiger partial charge on any atom is -0.423 e. The Hall–Kier alpha value is -0.905. The summed E-state index contributed by atoms with van der Waals surface area (Å²) in [5, 5.41) is 18.3. The second-order valence-electron chi connectivity index (χ2n) is 5.58. The van der Waals surface area contributed by atoms with E-state index < -0.39 is 12.9 Å². The monoisotopic (exact) mass is 279 g/mol. The summed E-state index contributed by atoms with van der Waals surface area (Å²) in [7, 11) is -1.75. The van der Waals surface area contributed by atoms with Gasteiger partial charge in [0.25, 0.3) is 0 Å². The second-order valence-corrected chi connectivity index (χ2v) is 5.58. The predicted molar refractivity (Wildman–Crippen MR) is 79.2 cm³/mol. The van der Waals surface area contributed by atoms with Crippen molar-refractivity contribution in [2.75, 3.05) is 6.54 Å². The first kappa shape index (κ1) is 15.5. The van der Waals surface area contributed by atoms with Crippen LogP contribution in [0.25, 0.3) is 0 Å². The molecule has 1 saturated carbocycles. The first-order valence-electron chi connectivity index (χ1n) is 7.50. The van der Waals surface area contributed by atoms with Crippen molar-refractivity contribution in [3.8, 4) is 0 Å². The Morgan fingerprint density at radius 1 is 1.25 bits per heavy atom. The first-order valence-corrected chi connectivity index (χ1v) is 7.50. The van der Waals surface area contributed by atoms with Gasteiger partial charge < -0.3 is 10.0 Å². The van der Waals surface area contributed by atoms with Crippen molar-refractivity contribution in [3.05, 3.63) is 29.6 Å². The van der Waals surface area contributed by atoms with Gasteiger partial charge in [0.1, 0.15) is 5.82 Å². The third-order valence-electron chi connectivity index (χ3n) is 4.22. The summed E-state index contributed by atoms with van der Waals surface area (Å²) in [5.74, 6) is -0.565. The van der Waals surface area contributed by atoms with Gasteiger partial charge in [-0.2, -0.15) is 0 Å². The molecule has 0 amide bonds. The van der Waals surface area contributed by atoms with Crippen LogP contribution in [0.5, 0.6) is 0 Å². The van der Waals surface area contributed by atoms with Crippen LogP contribution < -0.4 is 5.46 Å². The van der Waals surface area contributed by atoms with E-state index in [1.165, 1.54) is 38.2 Å². The number of hydrogen-bond acceptors (Lipinski definition) is 3. The van der Waals surface area contributed by atoms with Crippen LogP contribution in [0.3, 0.4) is 0 Å². The van der Waals surface area contributed by atoms with Crippen LogP contribution in [0, 0.1) is 5.82 Å². The van der Waals surface area contributed by atoms with E-state index in [1.54, 1.807) is 12.1 Å². The molecule has 5 heteroatoms. The summed E-state index contributed by atoms with van der Waals surface area (Å²) in [6.45, 7) is 3.83. The van der Waals surface area contributed by atoms with Crippen molar-refractivity contribution in [2.24, 2.45) is 0 Å². The van der Waals surface area contributed by atoms with Gasteiger partial charge in [-0.1, -0.05) is 38.3 Å². The van der Waals surface area contributed by atoms with Crippen LogP contribution in [0.2, 0.25) is 0 Å². The summed E-state index contributed by atoms with van der Waals surface area (Å²) in [6, 6.07) is 5.21. The maximum absolute atomic E-state index is 13.5. The molecule has 2 rings (SSSR count). The van der Waals surface area contributed by atoms with E-state index in [2.05, 4.69) is 11.8 Å². The van der Waals surface area contributed by atoms with E-state index in [0.717, 1.165) is 18.7 Å². The van der Waals surface area contributed by atoms with Gasteiger partial charge in [-0.25, -0.2) is 4.39 Å². The van der Waals surface area contributed by atoms with Crippen LogP contribution in [-0.4, -0.2) is 34.7 Å². The molecule has 1 aromatic carbocycles. The maximum atomic E-state index is 13.5. The standard InChI is InChI=1S/C15H23BFNO2/c1-2-18(13-6-4-3-5-7-13)11-12-8-9-15(17)14(10-12)16(19)20/h8-10,13,19-20H,2-7,11H2,1H3. The molecule has 0 aromatic heterocycles. The molecule has 0 saturated heterocycles. The summed E-state index contributed by atoms with van der Waals surface area (Å²) < 4.78 is 13.5. The smallest absolute Gasteiger partial charge is 0.423 e. The van der Waals surface area contributed by atoms with Crippen molar-refractivity contribution in [3.63, 3.8) is 0 Å². The van der Waals surface area contributed by atoms with Crippen LogP contribution in [0.1, 0.15) is 44.6 Å². The molecule has 0 aliphatic heterocycles. The molecule has 1 aromatic rings. The van der Waals surface area contributed by atoms with Gasteiger partial charge in [-0.05, 0) is 31.0 Å². The number of benzene rings is 1. The number of hydrogen-bond donors (Lipinski definition) is 2. The largest absolute Gasteiger partial charge is 0.491 e. The highest BCUT2D eigenvalue weighted by Crippen LogP contribution is 2.23. The van der Waals surface area contributed by atoms with Crippen LogP contribution in [0.15, 0.2) is 18.2 Å². The molecule has 2 N–H and O–H groups in total. The number of nitrogens with zero attached hydrogens (tertiary/aromatic N) is 1. The van der Waals surface area contributed by atoms with Gasteiger partial charge in [-0.15, -0.1) is 0 Å². The zero-order valence-corrected chi connectivity index (χ0v) is 12.1. The van der Waals surface area contributed by atoms with Crippen molar-refractivity contribution in [1.29, 1.82) is 0 Å². The minimum absolute atomic E-state index is 0.0396.